The lowest BCUT2D eigenvalue weighted by atomic mass is 10.3. The van der Waals surface area contributed by atoms with Gasteiger partial charge in [-0.05, 0) is 24.3 Å². The first-order chi connectivity index (χ1) is 9.72. The molecule has 1 N–H and O–H groups in total. The summed E-state index contributed by atoms with van der Waals surface area (Å²) in [6.07, 6.45) is 1.64. The van der Waals surface area contributed by atoms with Gasteiger partial charge in [-0.25, -0.2) is 4.39 Å². The predicted molar refractivity (Wildman–Crippen MR) is 70.6 cm³/mol. The minimum Gasteiger partial charge on any atom is -0.484 e. The molecule has 0 saturated heterocycles. The molecule has 2 rings (SSSR count). The van der Waals surface area contributed by atoms with Gasteiger partial charge < -0.3 is 14.5 Å². The number of nitriles is 1. The highest BCUT2D eigenvalue weighted by molar-refractivity contribution is 5.45. The molecule has 0 spiro atoms. The molecule has 0 fully saturated rings. The van der Waals surface area contributed by atoms with Crippen LogP contribution in [0.4, 0.5) is 10.3 Å². The fraction of sp³-hybridized carbons (Fsp3) is 0.143. The highest BCUT2D eigenvalue weighted by Crippen LogP contribution is 2.18. The van der Waals surface area contributed by atoms with Crippen LogP contribution in [0.1, 0.15) is 11.6 Å². The second-order valence-corrected chi connectivity index (χ2v) is 3.81. The normalized spacial score (nSPS) is 9.80. The summed E-state index contributed by atoms with van der Waals surface area (Å²) in [5.41, 5.74) is 0.157. The van der Waals surface area contributed by atoms with Gasteiger partial charge in [0.05, 0.1) is 0 Å². The molecule has 0 aliphatic heterocycles. The zero-order valence-corrected chi connectivity index (χ0v) is 10.6. The summed E-state index contributed by atoms with van der Waals surface area (Å²) < 4.78 is 23.5. The van der Waals surface area contributed by atoms with E-state index in [1.807, 2.05) is 6.07 Å². The van der Waals surface area contributed by atoms with Gasteiger partial charge in [-0.15, -0.1) is 6.58 Å². The smallest absolute Gasteiger partial charge is 0.236 e. The molecule has 20 heavy (non-hydrogen) atoms. The van der Waals surface area contributed by atoms with E-state index in [1.165, 1.54) is 24.3 Å². The van der Waals surface area contributed by atoms with Gasteiger partial charge in [0.2, 0.25) is 17.5 Å². The summed E-state index contributed by atoms with van der Waals surface area (Å²) in [5.74, 6) is 0.697. The zero-order chi connectivity index (χ0) is 14.4. The van der Waals surface area contributed by atoms with Crippen molar-refractivity contribution in [3.05, 3.63) is 54.3 Å². The van der Waals surface area contributed by atoms with Crippen LogP contribution < -0.4 is 10.1 Å². The lowest BCUT2D eigenvalue weighted by Crippen LogP contribution is -1.97. The number of hydrogen-bond donors (Lipinski definition) is 1. The molecule has 1 aromatic carbocycles. The van der Waals surface area contributed by atoms with E-state index in [4.69, 9.17) is 14.4 Å². The van der Waals surface area contributed by atoms with Crippen molar-refractivity contribution in [2.45, 2.75) is 6.61 Å². The third-order valence-corrected chi connectivity index (χ3v) is 2.36. The Morgan fingerprint density at radius 2 is 2.20 bits per heavy atom. The Hall–Kier alpha value is -2.81. The third kappa shape index (κ3) is 3.36. The van der Waals surface area contributed by atoms with Crippen LogP contribution in [0, 0.1) is 17.1 Å². The Morgan fingerprint density at radius 3 is 2.85 bits per heavy atom. The summed E-state index contributed by atoms with van der Waals surface area (Å²) in [7, 11) is 0. The average molecular weight is 273 g/mol. The Balaban J connectivity index is 2.02. The standard InChI is InChI=1S/C14H12FN3O2/c1-2-7-17-14-12(8-16)18-13(20-14)9-19-11-5-3-10(15)4-6-11/h2-6,17H,1,7,9H2. The maximum absolute atomic E-state index is 12.7. The van der Waals surface area contributed by atoms with Crippen molar-refractivity contribution in [3.63, 3.8) is 0 Å². The van der Waals surface area contributed by atoms with Crippen molar-refractivity contribution in [2.75, 3.05) is 11.9 Å². The molecule has 1 aromatic heterocycles. The number of ether oxygens (including phenoxy) is 1. The number of halogens is 1. The van der Waals surface area contributed by atoms with Crippen molar-refractivity contribution in [1.29, 1.82) is 5.26 Å². The summed E-state index contributed by atoms with van der Waals surface area (Å²) in [4.78, 5) is 3.99. The molecule has 0 bridgehead atoms. The number of hydrogen-bond acceptors (Lipinski definition) is 5. The second kappa shape index (κ2) is 6.38. The highest BCUT2D eigenvalue weighted by Gasteiger charge is 2.12. The monoisotopic (exact) mass is 273 g/mol. The molecule has 6 heteroatoms. The van der Waals surface area contributed by atoms with E-state index < -0.39 is 0 Å². The van der Waals surface area contributed by atoms with Gasteiger partial charge >= 0.3 is 0 Å². The maximum atomic E-state index is 12.7. The number of benzene rings is 1. The van der Waals surface area contributed by atoms with Crippen LogP contribution in [0.25, 0.3) is 0 Å². The minimum absolute atomic E-state index is 0.0517. The molecule has 1 heterocycles. The number of aromatic nitrogens is 1. The molecule has 0 aliphatic rings. The minimum atomic E-state index is -0.337. The molecule has 5 nitrogen and oxygen atoms in total. The zero-order valence-electron chi connectivity index (χ0n) is 10.6. The summed E-state index contributed by atoms with van der Waals surface area (Å²) >= 11 is 0. The molecular formula is C14H12FN3O2. The van der Waals surface area contributed by atoms with E-state index in [0.717, 1.165) is 0 Å². The molecule has 0 saturated carbocycles. The lowest BCUT2D eigenvalue weighted by Gasteiger charge is -2.02. The van der Waals surface area contributed by atoms with Crippen molar-refractivity contribution >= 4 is 5.88 Å². The fourth-order valence-electron chi connectivity index (χ4n) is 1.46. The van der Waals surface area contributed by atoms with Gasteiger partial charge in [-0.1, -0.05) is 6.08 Å². The second-order valence-electron chi connectivity index (χ2n) is 3.81. The van der Waals surface area contributed by atoms with E-state index in [0.29, 0.717) is 12.3 Å². The fourth-order valence-corrected chi connectivity index (χ4v) is 1.46. The molecule has 0 atom stereocenters. The van der Waals surface area contributed by atoms with E-state index >= 15 is 0 Å². The Labute approximate surface area is 115 Å². The third-order valence-electron chi connectivity index (χ3n) is 2.36. The molecule has 102 valence electrons. The van der Waals surface area contributed by atoms with Gasteiger partial charge in [0.15, 0.2) is 6.61 Å². The summed E-state index contributed by atoms with van der Waals surface area (Å²) in [6.45, 7) is 4.07. The molecular weight excluding hydrogens is 261 g/mol. The first kappa shape index (κ1) is 13.6. The van der Waals surface area contributed by atoms with Gasteiger partial charge in [-0.2, -0.15) is 10.2 Å². The van der Waals surface area contributed by atoms with Crippen LogP contribution in [0.15, 0.2) is 41.3 Å². The first-order valence-corrected chi connectivity index (χ1v) is 5.86. The quantitative estimate of drug-likeness (QED) is 0.819. The van der Waals surface area contributed by atoms with E-state index in [-0.39, 0.29) is 29.9 Å². The van der Waals surface area contributed by atoms with Crippen LogP contribution in [-0.2, 0) is 6.61 Å². The van der Waals surface area contributed by atoms with Crippen LogP contribution in [0.5, 0.6) is 5.75 Å². The van der Waals surface area contributed by atoms with Gasteiger partial charge in [-0.3, -0.25) is 0 Å². The van der Waals surface area contributed by atoms with Crippen molar-refractivity contribution in [2.24, 2.45) is 0 Å². The SMILES string of the molecule is C=CCNc1oc(COc2ccc(F)cc2)nc1C#N. The van der Waals surface area contributed by atoms with Crippen LogP contribution in [0.2, 0.25) is 0 Å². The van der Waals surface area contributed by atoms with Gasteiger partial charge in [0, 0.05) is 6.54 Å². The van der Waals surface area contributed by atoms with Gasteiger partial charge in [0.1, 0.15) is 17.6 Å². The molecule has 0 aliphatic carbocycles. The van der Waals surface area contributed by atoms with E-state index in [2.05, 4.69) is 16.9 Å². The van der Waals surface area contributed by atoms with Crippen molar-refractivity contribution in [1.82, 2.24) is 4.98 Å². The molecule has 0 unspecified atom stereocenters. The number of rotatable bonds is 6. The maximum Gasteiger partial charge on any atom is 0.236 e. The van der Waals surface area contributed by atoms with Crippen LogP contribution in [-0.4, -0.2) is 11.5 Å². The highest BCUT2D eigenvalue weighted by atomic mass is 19.1. The lowest BCUT2D eigenvalue weighted by molar-refractivity contribution is 0.264. The summed E-state index contributed by atoms with van der Waals surface area (Å²) in [6, 6.07) is 7.51. The van der Waals surface area contributed by atoms with E-state index in [1.54, 1.807) is 6.08 Å². The largest absolute Gasteiger partial charge is 0.484 e. The van der Waals surface area contributed by atoms with Crippen LogP contribution in [0.3, 0.4) is 0 Å². The topological polar surface area (TPSA) is 71.1 Å². The van der Waals surface area contributed by atoms with Crippen molar-refractivity contribution < 1.29 is 13.5 Å². The molecule has 0 amide bonds. The Bertz CT molecular complexity index is 629. The number of nitrogens with one attached hydrogen (secondary N) is 1. The number of oxazole rings is 1. The predicted octanol–water partition coefficient (Wildman–Crippen LogP) is 2.86. The van der Waals surface area contributed by atoms with Crippen LogP contribution >= 0.6 is 0 Å². The van der Waals surface area contributed by atoms with Gasteiger partial charge in [0.25, 0.3) is 0 Å². The van der Waals surface area contributed by atoms with Crippen molar-refractivity contribution in [3.8, 4) is 11.8 Å². The number of anilines is 1. The number of nitrogens with zero attached hydrogens (tertiary/aromatic N) is 2. The molecule has 0 radical (unpaired) electrons. The Morgan fingerprint density at radius 1 is 1.45 bits per heavy atom. The van der Waals surface area contributed by atoms with E-state index in [9.17, 15) is 4.39 Å². The Kier molecular flexibility index (Phi) is 4.35. The first-order valence-electron chi connectivity index (χ1n) is 5.86. The average Bonchev–Trinajstić information content (AvgIpc) is 2.87. The summed E-state index contributed by atoms with van der Waals surface area (Å²) in [5, 5.41) is 11.8. The molecule has 2 aromatic rings.